The van der Waals surface area contributed by atoms with E-state index in [-0.39, 0.29) is 17.1 Å². The Bertz CT molecular complexity index is 210. The minimum Gasteiger partial charge on any atom is -0.330 e. The van der Waals surface area contributed by atoms with Crippen LogP contribution in [0, 0.1) is 6.08 Å². The fourth-order valence-corrected chi connectivity index (χ4v) is 1.94. The van der Waals surface area contributed by atoms with Crippen molar-refractivity contribution in [3.8, 4) is 0 Å². The SMILES string of the molecule is NCCCCC1=[C-]CC=C1CCCCN.[Fe]. The van der Waals surface area contributed by atoms with Crippen molar-refractivity contribution in [2.75, 3.05) is 13.1 Å². The normalized spacial score (nSPS) is 14.4. The van der Waals surface area contributed by atoms with Gasteiger partial charge in [0.25, 0.3) is 0 Å². The predicted octanol–water partition coefficient (Wildman–Crippen LogP) is 2.30. The van der Waals surface area contributed by atoms with Gasteiger partial charge in [-0.1, -0.05) is 25.7 Å². The minimum absolute atomic E-state index is 0. The van der Waals surface area contributed by atoms with Crippen LogP contribution < -0.4 is 11.5 Å². The summed E-state index contributed by atoms with van der Waals surface area (Å²) in [6.45, 7) is 1.61. The Morgan fingerprint density at radius 2 is 1.62 bits per heavy atom. The average molecular weight is 263 g/mol. The van der Waals surface area contributed by atoms with Crippen LogP contribution in [-0.2, 0) is 17.1 Å². The van der Waals surface area contributed by atoms with Crippen LogP contribution >= 0.6 is 0 Å². The molecular weight excluding hydrogens is 240 g/mol. The first-order valence-electron chi connectivity index (χ1n) is 6.07. The molecular formula is C13H23FeN2-. The van der Waals surface area contributed by atoms with Crippen molar-refractivity contribution in [2.24, 2.45) is 11.5 Å². The third-order valence-electron chi connectivity index (χ3n) is 2.83. The Hall–Kier alpha value is -0.0805. The van der Waals surface area contributed by atoms with Gasteiger partial charge in [-0.2, -0.15) is 11.6 Å². The molecule has 16 heavy (non-hydrogen) atoms. The van der Waals surface area contributed by atoms with Crippen LogP contribution in [0.5, 0.6) is 0 Å². The fourth-order valence-electron chi connectivity index (χ4n) is 1.94. The Morgan fingerprint density at radius 3 is 2.25 bits per heavy atom. The first kappa shape index (κ1) is 15.9. The topological polar surface area (TPSA) is 52.0 Å². The molecule has 3 heteroatoms. The van der Waals surface area contributed by atoms with E-state index >= 15 is 0 Å². The molecule has 0 bridgehead atoms. The molecule has 1 aliphatic carbocycles. The van der Waals surface area contributed by atoms with E-state index in [0.29, 0.717) is 0 Å². The standard InChI is InChI=1S/C13H23N2.Fe/c14-10-3-1-6-12-8-5-9-13(12)7-2-4-11-15;/h8H,1-7,10-11,14-15H2;/q-1;. The maximum atomic E-state index is 5.49. The van der Waals surface area contributed by atoms with Crippen LogP contribution in [0.2, 0.25) is 0 Å². The van der Waals surface area contributed by atoms with Gasteiger partial charge in [0.05, 0.1) is 0 Å². The molecule has 0 aromatic rings. The van der Waals surface area contributed by atoms with Crippen LogP contribution in [0.25, 0.3) is 0 Å². The summed E-state index contributed by atoms with van der Waals surface area (Å²) in [5.41, 5.74) is 13.9. The van der Waals surface area contributed by atoms with Crippen molar-refractivity contribution in [3.63, 3.8) is 0 Å². The van der Waals surface area contributed by atoms with Crippen LogP contribution in [0.1, 0.15) is 44.9 Å². The van der Waals surface area contributed by atoms with E-state index in [4.69, 9.17) is 11.5 Å². The predicted molar refractivity (Wildman–Crippen MR) is 65.3 cm³/mol. The van der Waals surface area contributed by atoms with Crippen molar-refractivity contribution in [2.45, 2.75) is 44.9 Å². The molecule has 1 rings (SSSR count). The van der Waals surface area contributed by atoms with Gasteiger partial charge >= 0.3 is 0 Å². The molecule has 0 heterocycles. The number of hydrogen-bond acceptors (Lipinski definition) is 2. The summed E-state index contributed by atoms with van der Waals surface area (Å²) in [7, 11) is 0. The summed E-state index contributed by atoms with van der Waals surface area (Å²) >= 11 is 0. The molecule has 0 aromatic carbocycles. The Labute approximate surface area is 110 Å². The summed E-state index contributed by atoms with van der Waals surface area (Å²) in [5, 5.41) is 0. The molecule has 94 valence electrons. The van der Waals surface area contributed by atoms with Gasteiger partial charge in [0.1, 0.15) is 0 Å². The van der Waals surface area contributed by atoms with E-state index in [0.717, 1.165) is 38.8 Å². The molecule has 0 radical (unpaired) electrons. The number of allylic oxidation sites excluding steroid dienone is 4. The summed E-state index contributed by atoms with van der Waals surface area (Å²) in [6.07, 6.45) is 13.8. The quantitative estimate of drug-likeness (QED) is 0.401. The molecule has 0 aromatic heterocycles. The maximum Gasteiger partial charge on any atom is 0 e. The Kier molecular flexibility index (Phi) is 10.0. The number of rotatable bonds is 8. The zero-order valence-electron chi connectivity index (χ0n) is 9.95. The van der Waals surface area contributed by atoms with Gasteiger partial charge in [0, 0.05) is 17.1 Å². The van der Waals surface area contributed by atoms with Gasteiger partial charge in [0.15, 0.2) is 0 Å². The molecule has 2 nitrogen and oxygen atoms in total. The third-order valence-corrected chi connectivity index (χ3v) is 2.83. The van der Waals surface area contributed by atoms with Crippen molar-refractivity contribution >= 4 is 0 Å². The van der Waals surface area contributed by atoms with Crippen LogP contribution in [0.15, 0.2) is 17.2 Å². The molecule has 0 saturated heterocycles. The first-order valence-corrected chi connectivity index (χ1v) is 6.07. The summed E-state index contributed by atoms with van der Waals surface area (Å²) < 4.78 is 0. The van der Waals surface area contributed by atoms with E-state index in [9.17, 15) is 0 Å². The molecule has 0 fully saturated rings. The third kappa shape index (κ3) is 5.86. The largest absolute Gasteiger partial charge is 0.330 e. The molecule has 0 saturated carbocycles. The summed E-state index contributed by atoms with van der Waals surface area (Å²) in [5.74, 6) is 0. The second kappa shape index (κ2) is 10.1. The molecule has 0 atom stereocenters. The zero-order valence-corrected chi connectivity index (χ0v) is 11.1. The average Bonchev–Trinajstić information content (AvgIpc) is 2.67. The van der Waals surface area contributed by atoms with Crippen LogP contribution in [-0.4, -0.2) is 13.1 Å². The van der Waals surface area contributed by atoms with Gasteiger partial charge in [-0.15, -0.1) is 6.42 Å². The molecule has 0 amide bonds. The van der Waals surface area contributed by atoms with Gasteiger partial charge in [-0.3, -0.25) is 6.08 Å². The van der Waals surface area contributed by atoms with Gasteiger partial charge < -0.3 is 11.5 Å². The summed E-state index contributed by atoms with van der Waals surface area (Å²) in [4.78, 5) is 0. The van der Waals surface area contributed by atoms with Gasteiger partial charge in [-0.05, 0) is 25.9 Å². The van der Waals surface area contributed by atoms with Crippen molar-refractivity contribution < 1.29 is 17.1 Å². The van der Waals surface area contributed by atoms with E-state index in [2.05, 4.69) is 12.2 Å². The first-order chi connectivity index (χ1) is 7.38. The van der Waals surface area contributed by atoms with Crippen LogP contribution in [0.3, 0.4) is 0 Å². The van der Waals surface area contributed by atoms with E-state index in [1.807, 2.05) is 0 Å². The second-order valence-corrected chi connectivity index (χ2v) is 4.08. The maximum absolute atomic E-state index is 5.49. The zero-order chi connectivity index (χ0) is 10.9. The number of unbranched alkanes of at least 4 members (excludes halogenated alkanes) is 2. The molecule has 0 unspecified atom stereocenters. The van der Waals surface area contributed by atoms with Gasteiger partial charge in [0.2, 0.25) is 0 Å². The smallest absolute Gasteiger partial charge is 0 e. The number of hydrogen-bond donors (Lipinski definition) is 2. The number of nitrogens with two attached hydrogens (primary N) is 2. The van der Waals surface area contributed by atoms with Crippen LogP contribution in [0.4, 0.5) is 0 Å². The van der Waals surface area contributed by atoms with Gasteiger partial charge in [-0.25, -0.2) is 5.57 Å². The summed E-state index contributed by atoms with van der Waals surface area (Å²) in [6, 6.07) is 0. The monoisotopic (exact) mass is 263 g/mol. The van der Waals surface area contributed by atoms with Crippen molar-refractivity contribution in [1.82, 2.24) is 0 Å². The van der Waals surface area contributed by atoms with E-state index in [1.54, 1.807) is 0 Å². The van der Waals surface area contributed by atoms with Crippen molar-refractivity contribution in [1.29, 1.82) is 0 Å². The molecule has 0 spiro atoms. The minimum atomic E-state index is 0. The Morgan fingerprint density at radius 1 is 1.00 bits per heavy atom. The molecule has 0 aliphatic heterocycles. The molecule has 4 N–H and O–H groups in total. The van der Waals surface area contributed by atoms with E-state index in [1.165, 1.54) is 30.4 Å². The molecule has 1 aliphatic rings. The van der Waals surface area contributed by atoms with Crippen molar-refractivity contribution in [3.05, 3.63) is 23.3 Å². The fraction of sp³-hybridized carbons (Fsp3) is 0.692. The van der Waals surface area contributed by atoms with E-state index < -0.39 is 0 Å². The Balaban J connectivity index is 0.00000225. The second-order valence-electron chi connectivity index (χ2n) is 4.08.